The zero-order chi connectivity index (χ0) is 21.9. The van der Waals surface area contributed by atoms with E-state index in [1.165, 1.54) is 17.0 Å². The van der Waals surface area contributed by atoms with Crippen molar-refractivity contribution in [1.82, 2.24) is 4.90 Å². The maximum Gasteiger partial charge on any atom is 0.254 e. The first kappa shape index (κ1) is 22.6. The van der Waals surface area contributed by atoms with E-state index >= 15 is 0 Å². The number of benzene rings is 2. The monoisotopic (exact) mass is 453 g/mol. The molecule has 2 aromatic rings. The van der Waals surface area contributed by atoms with Crippen LogP contribution in [0.2, 0.25) is 5.02 Å². The highest BCUT2D eigenvalue weighted by molar-refractivity contribution is 7.91. The first-order chi connectivity index (χ1) is 14.2. The van der Waals surface area contributed by atoms with Gasteiger partial charge < -0.3 is 9.64 Å². The van der Waals surface area contributed by atoms with Gasteiger partial charge in [-0.05, 0) is 48.7 Å². The molecule has 1 amide bonds. The number of nitrogens with zero attached hydrogens (tertiary/aromatic N) is 1. The fourth-order valence-corrected chi connectivity index (χ4v) is 5.32. The molecule has 2 aromatic carbocycles. The van der Waals surface area contributed by atoms with Crippen LogP contribution in [0, 0.1) is 11.7 Å². The van der Waals surface area contributed by atoms with E-state index < -0.39 is 21.7 Å². The van der Waals surface area contributed by atoms with Crippen molar-refractivity contribution in [3.05, 3.63) is 64.4 Å². The van der Waals surface area contributed by atoms with E-state index in [4.69, 9.17) is 16.3 Å². The molecule has 0 unspecified atom stereocenters. The number of amides is 1. The Balaban J connectivity index is 1.87. The molecule has 30 heavy (non-hydrogen) atoms. The summed E-state index contributed by atoms with van der Waals surface area (Å²) in [5, 5.41) is 0.200. The topological polar surface area (TPSA) is 63.7 Å². The van der Waals surface area contributed by atoms with Crippen molar-refractivity contribution in [3.63, 3.8) is 0 Å². The van der Waals surface area contributed by atoms with Crippen LogP contribution in [0.3, 0.4) is 0 Å². The molecule has 0 N–H and O–H groups in total. The van der Waals surface area contributed by atoms with Gasteiger partial charge in [0.15, 0.2) is 9.84 Å². The molecule has 1 heterocycles. The Morgan fingerprint density at radius 2 is 1.93 bits per heavy atom. The molecule has 3 rings (SSSR count). The average molecular weight is 454 g/mol. The minimum absolute atomic E-state index is 0.00836. The standard InChI is InChI=1S/C22H25ClFNO4S/c1-15(2)13-29-18-8-6-16(7-9-18)22(26)25(17-10-11-30(27,28)14-17)12-19-20(23)4-3-5-21(19)24/h3-9,15,17H,10-14H2,1-2H3/t17-/m0/s1. The number of sulfone groups is 1. The minimum atomic E-state index is -3.23. The van der Waals surface area contributed by atoms with Gasteiger partial charge in [0.1, 0.15) is 11.6 Å². The second kappa shape index (κ2) is 9.35. The second-order valence-corrected chi connectivity index (χ2v) is 10.6. The fourth-order valence-electron chi connectivity index (χ4n) is 3.36. The summed E-state index contributed by atoms with van der Waals surface area (Å²) >= 11 is 6.16. The van der Waals surface area contributed by atoms with Crippen molar-refractivity contribution in [2.75, 3.05) is 18.1 Å². The van der Waals surface area contributed by atoms with Crippen LogP contribution in [0.25, 0.3) is 0 Å². The molecular weight excluding hydrogens is 429 g/mol. The number of hydrogen-bond acceptors (Lipinski definition) is 4. The molecule has 5 nitrogen and oxygen atoms in total. The lowest BCUT2D eigenvalue weighted by molar-refractivity contribution is 0.0679. The Hall–Kier alpha value is -2.12. The van der Waals surface area contributed by atoms with E-state index in [0.717, 1.165) is 0 Å². The van der Waals surface area contributed by atoms with Crippen LogP contribution in [0.15, 0.2) is 42.5 Å². The Morgan fingerprint density at radius 3 is 2.50 bits per heavy atom. The normalized spacial score (nSPS) is 17.8. The van der Waals surface area contributed by atoms with Crippen LogP contribution < -0.4 is 4.74 Å². The van der Waals surface area contributed by atoms with Gasteiger partial charge in [-0.25, -0.2) is 12.8 Å². The maximum atomic E-state index is 14.4. The Labute approximate surface area is 181 Å². The Bertz CT molecular complexity index is 988. The van der Waals surface area contributed by atoms with Gasteiger partial charge in [0.05, 0.1) is 24.7 Å². The molecule has 0 saturated carbocycles. The first-order valence-corrected chi connectivity index (χ1v) is 12.0. The predicted octanol–water partition coefficient (Wildman–Crippen LogP) is 4.34. The number of carbonyl (C=O) groups is 1. The molecule has 1 aliphatic heterocycles. The lowest BCUT2D eigenvalue weighted by atomic mass is 10.1. The van der Waals surface area contributed by atoms with Crippen LogP contribution >= 0.6 is 11.6 Å². The van der Waals surface area contributed by atoms with Gasteiger partial charge in [-0.2, -0.15) is 0 Å². The van der Waals surface area contributed by atoms with Crippen LogP contribution in [0.4, 0.5) is 4.39 Å². The SMILES string of the molecule is CC(C)COc1ccc(C(=O)N(Cc2c(F)cccc2Cl)[C@H]2CCS(=O)(=O)C2)cc1. The smallest absolute Gasteiger partial charge is 0.254 e. The van der Waals surface area contributed by atoms with E-state index in [9.17, 15) is 17.6 Å². The van der Waals surface area contributed by atoms with Crippen molar-refractivity contribution in [2.24, 2.45) is 5.92 Å². The molecule has 0 aromatic heterocycles. The lowest BCUT2D eigenvalue weighted by Crippen LogP contribution is -2.41. The van der Waals surface area contributed by atoms with Crippen LogP contribution in [0.5, 0.6) is 5.75 Å². The van der Waals surface area contributed by atoms with E-state index in [-0.39, 0.29) is 34.5 Å². The molecule has 1 aliphatic rings. The largest absolute Gasteiger partial charge is 0.493 e. The van der Waals surface area contributed by atoms with E-state index in [0.29, 0.717) is 30.3 Å². The third-order valence-corrected chi connectivity index (χ3v) is 7.09. The Kier molecular flexibility index (Phi) is 7.03. The van der Waals surface area contributed by atoms with Gasteiger partial charge in [-0.15, -0.1) is 0 Å². The fraction of sp³-hybridized carbons (Fsp3) is 0.409. The third-order valence-electron chi connectivity index (χ3n) is 4.98. The van der Waals surface area contributed by atoms with E-state index in [2.05, 4.69) is 0 Å². The summed E-state index contributed by atoms with van der Waals surface area (Å²) in [6.45, 7) is 4.54. The van der Waals surface area contributed by atoms with Gasteiger partial charge in [0.2, 0.25) is 0 Å². The molecule has 1 saturated heterocycles. The molecule has 162 valence electrons. The number of rotatable bonds is 7. The molecule has 0 spiro atoms. The second-order valence-electron chi connectivity index (χ2n) is 7.92. The number of halogens is 2. The summed E-state index contributed by atoms with van der Waals surface area (Å²) in [4.78, 5) is 14.7. The summed E-state index contributed by atoms with van der Waals surface area (Å²) in [7, 11) is -3.23. The Morgan fingerprint density at radius 1 is 1.23 bits per heavy atom. The quantitative estimate of drug-likeness (QED) is 0.625. The van der Waals surface area contributed by atoms with Crippen LogP contribution in [-0.4, -0.2) is 43.4 Å². The van der Waals surface area contributed by atoms with Gasteiger partial charge in [0.25, 0.3) is 5.91 Å². The van der Waals surface area contributed by atoms with E-state index in [1.807, 2.05) is 13.8 Å². The predicted molar refractivity (Wildman–Crippen MR) is 115 cm³/mol. The molecule has 1 fully saturated rings. The maximum absolute atomic E-state index is 14.4. The highest BCUT2D eigenvalue weighted by atomic mass is 35.5. The molecule has 1 atom stereocenters. The summed E-state index contributed by atoms with van der Waals surface area (Å²) < 4.78 is 44.0. The number of carbonyl (C=O) groups excluding carboxylic acids is 1. The first-order valence-electron chi connectivity index (χ1n) is 9.83. The zero-order valence-electron chi connectivity index (χ0n) is 17.0. The van der Waals surface area contributed by atoms with Gasteiger partial charge in [-0.1, -0.05) is 31.5 Å². The summed E-state index contributed by atoms with van der Waals surface area (Å²) in [6, 6.07) is 10.5. The van der Waals surface area contributed by atoms with Crippen molar-refractivity contribution in [1.29, 1.82) is 0 Å². The molecule has 0 radical (unpaired) electrons. The summed E-state index contributed by atoms with van der Waals surface area (Å²) in [5.41, 5.74) is 0.553. The van der Waals surface area contributed by atoms with Gasteiger partial charge >= 0.3 is 0 Å². The van der Waals surface area contributed by atoms with Crippen LogP contribution in [0.1, 0.15) is 36.2 Å². The van der Waals surface area contributed by atoms with Crippen molar-refractivity contribution in [2.45, 2.75) is 32.9 Å². The number of ether oxygens (including phenoxy) is 1. The lowest BCUT2D eigenvalue weighted by Gasteiger charge is -2.29. The molecule has 8 heteroatoms. The summed E-state index contributed by atoms with van der Waals surface area (Å²) in [6.07, 6.45) is 0.315. The van der Waals surface area contributed by atoms with Crippen molar-refractivity contribution >= 4 is 27.3 Å². The van der Waals surface area contributed by atoms with Crippen molar-refractivity contribution in [3.8, 4) is 5.75 Å². The highest BCUT2D eigenvalue weighted by Gasteiger charge is 2.35. The van der Waals surface area contributed by atoms with Gasteiger partial charge in [0, 0.05) is 22.2 Å². The minimum Gasteiger partial charge on any atom is -0.493 e. The third kappa shape index (κ3) is 5.52. The van der Waals surface area contributed by atoms with Crippen molar-refractivity contribution < 1.29 is 22.3 Å². The van der Waals surface area contributed by atoms with Gasteiger partial charge in [-0.3, -0.25) is 4.79 Å². The molecule has 0 bridgehead atoms. The van der Waals surface area contributed by atoms with Crippen LogP contribution in [-0.2, 0) is 16.4 Å². The molecule has 0 aliphatic carbocycles. The zero-order valence-corrected chi connectivity index (χ0v) is 18.5. The molecular formula is C22H25ClFNO4S. The highest BCUT2D eigenvalue weighted by Crippen LogP contribution is 2.27. The number of hydrogen-bond donors (Lipinski definition) is 0. The van der Waals surface area contributed by atoms with E-state index in [1.54, 1.807) is 30.3 Å². The average Bonchev–Trinajstić information content (AvgIpc) is 3.05. The summed E-state index contributed by atoms with van der Waals surface area (Å²) in [5.74, 6) is -0.0103.